The Morgan fingerprint density at radius 3 is 2.65 bits per heavy atom. The number of aromatic nitrogens is 4. The summed E-state index contributed by atoms with van der Waals surface area (Å²) in [5.41, 5.74) is 1.72. The third-order valence-corrected chi connectivity index (χ3v) is 4.23. The number of hydrogen-bond acceptors (Lipinski definition) is 6. The summed E-state index contributed by atoms with van der Waals surface area (Å²) in [6.45, 7) is 0. The van der Waals surface area contributed by atoms with Crippen molar-refractivity contribution in [3.8, 4) is 0 Å². The predicted octanol–water partition coefficient (Wildman–Crippen LogP) is 1.99. The van der Waals surface area contributed by atoms with E-state index < -0.39 is 11.6 Å². The van der Waals surface area contributed by atoms with Crippen molar-refractivity contribution in [2.75, 3.05) is 0 Å². The molecular weight excluding hydrogens is 319 g/mol. The van der Waals surface area contributed by atoms with Gasteiger partial charge in [0.15, 0.2) is 0 Å². The van der Waals surface area contributed by atoms with Crippen molar-refractivity contribution in [2.24, 2.45) is 0 Å². The number of benzene rings is 1. The van der Waals surface area contributed by atoms with Crippen LogP contribution in [0.4, 0.5) is 4.39 Å². The third kappa shape index (κ3) is 3.54. The summed E-state index contributed by atoms with van der Waals surface area (Å²) in [5.74, 6) is -1.88. The summed E-state index contributed by atoms with van der Waals surface area (Å²) in [7, 11) is 0. The minimum Gasteiger partial charge on any atom is -0.290 e. The first-order valence-electron chi connectivity index (χ1n) is 6.74. The zero-order valence-corrected chi connectivity index (χ0v) is 12.6. The molecule has 6 nitrogen and oxygen atoms in total. The number of rotatable bonds is 6. The molecule has 2 heterocycles. The Morgan fingerprint density at radius 1 is 1.17 bits per heavy atom. The molecule has 0 saturated heterocycles. The van der Waals surface area contributed by atoms with E-state index in [1.165, 1.54) is 23.5 Å². The molecule has 1 aromatic carbocycles. The molecule has 3 rings (SSSR count). The second-order valence-corrected chi connectivity index (χ2v) is 5.84. The third-order valence-electron chi connectivity index (χ3n) is 3.27. The lowest BCUT2D eigenvalue weighted by atomic mass is 10.0. The second-order valence-electron chi connectivity index (χ2n) is 4.84. The highest BCUT2D eigenvalue weighted by Crippen LogP contribution is 2.22. The van der Waals surface area contributed by atoms with E-state index in [0.29, 0.717) is 6.42 Å². The molecule has 0 aliphatic heterocycles. The largest absolute Gasteiger partial charge is 0.290 e. The number of carbonyl (C=O) groups excluding carboxylic acids is 2. The van der Waals surface area contributed by atoms with E-state index in [9.17, 15) is 14.0 Å². The second kappa shape index (κ2) is 6.57. The van der Waals surface area contributed by atoms with Crippen molar-refractivity contribution < 1.29 is 14.0 Å². The number of hydrogen-bond donors (Lipinski definition) is 1. The average molecular weight is 330 g/mol. The lowest BCUT2D eigenvalue weighted by Gasteiger charge is -2.03. The zero-order valence-electron chi connectivity index (χ0n) is 11.8. The monoisotopic (exact) mass is 330 g/mol. The summed E-state index contributed by atoms with van der Waals surface area (Å²) < 4.78 is 12.9. The van der Waals surface area contributed by atoms with Crippen LogP contribution in [0.3, 0.4) is 0 Å². The predicted molar refractivity (Wildman–Crippen MR) is 80.7 cm³/mol. The van der Waals surface area contributed by atoms with Crippen molar-refractivity contribution in [3.05, 3.63) is 63.4 Å². The highest BCUT2D eigenvalue weighted by Gasteiger charge is 2.22. The molecule has 3 aromatic rings. The molecule has 0 bridgehead atoms. The first kappa shape index (κ1) is 15.2. The average Bonchev–Trinajstić information content (AvgIpc) is 3.21. The molecule has 0 amide bonds. The number of thiophene rings is 1. The van der Waals surface area contributed by atoms with Crippen molar-refractivity contribution in [3.63, 3.8) is 0 Å². The smallest absolute Gasteiger partial charge is 0.269 e. The fourth-order valence-electron chi connectivity index (χ4n) is 2.10. The van der Waals surface area contributed by atoms with Gasteiger partial charge in [-0.2, -0.15) is 5.21 Å². The number of H-pyrrole nitrogens is 1. The minimum absolute atomic E-state index is 0.0204. The van der Waals surface area contributed by atoms with Crippen LogP contribution in [-0.2, 0) is 17.6 Å². The molecule has 0 aliphatic carbocycles. The Morgan fingerprint density at radius 2 is 1.96 bits per heavy atom. The zero-order chi connectivity index (χ0) is 16.2. The van der Waals surface area contributed by atoms with E-state index in [2.05, 4.69) is 20.6 Å². The van der Waals surface area contributed by atoms with Gasteiger partial charge >= 0.3 is 0 Å². The van der Waals surface area contributed by atoms with Gasteiger partial charge in [0.05, 0.1) is 0 Å². The summed E-state index contributed by atoms with van der Waals surface area (Å²) in [6.07, 6.45) is 0.560. The molecule has 2 aromatic heterocycles. The van der Waals surface area contributed by atoms with E-state index in [1.807, 2.05) is 11.4 Å². The fourth-order valence-corrected chi connectivity index (χ4v) is 3.04. The SMILES string of the molecule is O=C(Cc1ccsc1Cc1ccc(F)cc1)C(=O)c1nn[nH]n1. The lowest BCUT2D eigenvalue weighted by Crippen LogP contribution is -2.18. The summed E-state index contributed by atoms with van der Waals surface area (Å²) in [6, 6.07) is 8.00. The molecule has 0 spiro atoms. The molecule has 0 aliphatic rings. The molecule has 0 saturated carbocycles. The Bertz CT molecular complexity index is 828. The number of nitrogens with one attached hydrogen (secondary N) is 1. The van der Waals surface area contributed by atoms with Crippen LogP contribution >= 0.6 is 11.3 Å². The molecule has 0 unspecified atom stereocenters. The maximum absolute atomic E-state index is 12.9. The number of tetrazole rings is 1. The number of carbonyl (C=O) groups is 2. The highest BCUT2D eigenvalue weighted by molar-refractivity contribution is 7.10. The van der Waals surface area contributed by atoms with Crippen LogP contribution in [0.25, 0.3) is 0 Å². The summed E-state index contributed by atoms with van der Waals surface area (Å²) in [4.78, 5) is 24.9. The molecule has 23 heavy (non-hydrogen) atoms. The lowest BCUT2D eigenvalue weighted by molar-refractivity contribution is -0.114. The molecule has 116 valence electrons. The Balaban J connectivity index is 1.72. The molecular formula is C15H11FN4O2S. The van der Waals surface area contributed by atoms with Crippen LogP contribution in [0.1, 0.15) is 26.6 Å². The maximum atomic E-state index is 12.9. The number of halogens is 1. The van der Waals surface area contributed by atoms with Crippen molar-refractivity contribution in [1.29, 1.82) is 0 Å². The Kier molecular flexibility index (Phi) is 4.33. The van der Waals surface area contributed by atoms with Gasteiger partial charge in [-0.3, -0.25) is 9.59 Å². The van der Waals surface area contributed by atoms with Gasteiger partial charge in [0.25, 0.3) is 5.78 Å². The summed E-state index contributed by atoms with van der Waals surface area (Å²) >= 11 is 1.49. The highest BCUT2D eigenvalue weighted by atomic mass is 32.1. The minimum atomic E-state index is -0.766. The topological polar surface area (TPSA) is 88.6 Å². The van der Waals surface area contributed by atoms with Crippen LogP contribution in [0.15, 0.2) is 35.7 Å². The van der Waals surface area contributed by atoms with Gasteiger partial charge < -0.3 is 0 Å². The normalized spacial score (nSPS) is 10.7. The Hall–Kier alpha value is -2.74. The van der Waals surface area contributed by atoms with Crippen molar-refractivity contribution >= 4 is 22.9 Å². The summed E-state index contributed by atoms with van der Waals surface area (Å²) in [5, 5.41) is 14.3. The first-order valence-corrected chi connectivity index (χ1v) is 7.62. The molecule has 1 N–H and O–H groups in total. The van der Waals surface area contributed by atoms with Gasteiger partial charge in [-0.25, -0.2) is 4.39 Å². The van der Waals surface area contributed by atoms with Crippen LogP contribution < -0.4 is 0 Å². The maximum Gasteiger partial charge on any atom is 0.269 e. The van der Waals surface area contributed by atoms with Gasteiger partial charge in [-0.15, -0.1) is 21.5 Å². The van der Waals surface area contributed by atoms with E-state index in [-0.39, 0.29) is 18.1 Å². The molecule has 0 atom stereocenters. The molecule has 8 heteroatoms. The quantitative estimate of drug-likeness (QED) is 0.551. The fraction of sp³-hybridized carbons (Fsp3) is 0.133. The van der Waals surface area contributed by atoms with E-state index in [1.54, 1.807) is 12.1 Å². The van der Waals surface area contributed by atoms with Crippen LogP contribution in [0, 0.1) is 5.82 Å². The number of nitrogens with zero attached hydrogens (tertiary/aromatic N) is 3. The van der Waals surface area contributed by atoms with Gasteiger partial charge in [0, 0.05) is 17.7 Å². The number of ketones is 2. The van der Waals surface area contributed by atoms with Gasteiger partial charge in [-0.1, -0.05) is 12.1 Å². The first-order chi connectivity index (χ1) is 11.1. The van der Waals surface area contributed by atoms with Crippen LogP contribution in [0.2, 0.25) is 0 Å². The van der Waals surface area contributed by atoms with E-state index in [4.69, 9.17) is 0 Å². The van der Waals surface area contributed by atoms with Crippen LogP contribution in [-0.4, -0.2) is 32.2 Å². The van der Waals surface area contributed by atoms with E-state index in [0.717, 1.165) is 16.0 Å². The molecule has 0 radical (unpaired) electrons. The molecule has 0 fully saturated rings. The van der Waals surface area contributed by atoms with Gasteiger partial charge in [-0.05, 0) is 39.9 Å². The number of aromatic amines is 1. The standard InChI is InChI=1S/C15H11FN4O2S/c16-11-3-1-9(2-4-11)7-13-10(5-6-23-13)8-12(21)14(22)15-17-19-20-18-15/h1-6H,7-8H2,(H,17,18,19,20). The van der Waals surface area contributed by atoms with Gasteiger partial charge in [0.1, 0.15) is 5.82 Å². The van der Waals surface area contributed by atoms with E-state index >= 15 is 0 Å². The Labute approximate surface area is 134 Å². The van der Waals surface area contributed by atoms with Crippen LogP contribution in [0.5, 0.6) is 0 Å². The van der Waals surface area contributed by atoms with Crippen molar-refractivity contribution in [1.82, 2.24) is 20.6 Å². The van der Waals surface area contributed by atoms with Crippen molar-refractivity contribution in [2.45, 2.75) is 12.8 Å². The van der Waals surface area contributed by atoms with Gasteiger partial charge in [0.2, 0.25) is 11.6 Å². The number of Topliss-reactive ketones (excluding diaryl/α,β-unsaturated/α-hetero) is 2.